The number of thiophene rings is 1. The fourth-order valence-electron chi connectivity index (χ4n) is 1.61. The number of nitrogens with one attached hydrogen (secondary N) is 1. The van der Waals surface area contributed by atoms with Crippen molar-refractivity contribution < 1.29 is 13.2 Å². The Kier molecular flexibility index (Phi) is 4.17. The van der Waals surface area contributed by atoms with Gasteiger partial charge in [-0.05, 0) is 53.2 Å². The van der Waals surface area contributed by atoms with Gasteiger partial charge in [0.05, 0.1) is 3.79 Å². The van der Waals surface area contributed by atoms with Crippen LogP contribution in [-0.4, -0.2) is 14.3 Å². The van der Waals surface area contributed by atoms with E-state index < -0.39 is 15.9 Å². The molecule has 0 aliphatic carbocycles. The van der Waals surface area contributed by atoms with Crippen LogP contribution in [-0.2, 0) is 10.0 Å². The van der Waals surface area contributed by atoms with Crippen LogP contribution in [0.3, 0.4) is 0 Å². The van der Waals surface area contributed by atoms with E-state index >= 15 is 0 Å². The minimum absolute atomic E-state index is 0.230. The molecule has 0 aliphatic heterocycles. The first-order chi connectivity index (χ1) is 9.29. The molecule has 0 saturated carbocycles. The quantitative estimate of drug-likeness (QED) is 0.861. The Morgan fingerprint density at radius 1 is 1.30 bits per heavy atom. The summed E-state index contributed by atoms with van der Waals surface area (Å²) in [5, 5.41) is 0. The van der Waals surface area contributed by atoms with E-state index in [2.05, 4.69) is 20.7 Å². The summed E-state index contributed by atoms with van der Waals surface area (Å²) in [6.45, 7) is 1.74. The lowest BCUT2D eigenvalue weighted by Gasteiger charge is -2.07. The van der Waals surface area contributed by atoms with Crippen LogP contribution in [0.2, 0.25) is 0 Å². The van der Waals surface area contributed by atoms with Crippen LogP contribution in [0.25, 0.3) is 0 Å². The summed E-state index contributed by atoms with van der Waals surface area (Å²) >= 11 is 4.61. The Balaban J connectivity index is 2.28. The molecule has 1 amide bonds. The summed E-state index contributed by atoms with van der Waals surface area (Å²) in [6.07, 6.45) is 0. The molecule has 0 radical (unpaired) electrons. The van der Waals surface area contributed by atoms with Crippen LogP contribution < -0.4 is 10.5 Å². The van der Waals surface area contributed by atoms with Crippen molar-refractivity contribution in [3.05, 3.63) is 44.6 Å². The highest BCUT2D eigenvalue weighted by Gasteiger charge is 2.19. The highest BCUT2D eigenvalue weighted by Crippen LogP contribution is 2.30. The molecule has 5 nitrogen and oxygen atoms in total. The Morgan fingerprint density at radius 3 is 2.35 bits per heavy atom. The smallest absolute Gasteiger partial charge is 0.263 e. The van der Waals surface area contributed by atoms with Gasteiger partial charge >= 0.3 is 0 Å². The van der Waals surface area contributed by atoms with E-state index in [-0.39, 0.29) is 4.90 Å². The number of hydrogen-bond donors (Lipinski definition) is 2. The van der Waals surface area contributed by atoms with Gasteiger partial charge in [-0.1, -0.05) is 0 Å². The molecule has 0 unspecified atom stereocenters. The number of anilines is 1. The van der Waals surface area contributed by atoms with Crippen molar-refractivity contribution in [2.45, 2.75) is 11.8 Å². The summed E-state index contributed by atoms with van der Waals surface area (Å²) in [4.78, 5) is 11.9. The van der Waals surface area contributed by atoms with Gasteiger partial charge < -0.3 is 5.73 Å². The first-order valence-corrected chi connectivity index (χ1v) is 8.57. The van der Waals surface area contributed by atoms with Crippen molar-refractivity contribution >= 4 is 48.9 Å². The van der Waals surface area contributed by atoms with E-state index in [4.69, 9.17) is 5.73 Å². The zero-order chi connectivity index (χ0) is 14.9. The molecule has 0 fully saturated rings. The van der Waals surface area contributed by atoms with E-state index in [1.54, 1.807) is 13.0 Å². The number of aryl methyl sites for hydroxylation is 1. The number of amides is 1. The molecule has 2 rings (SSSR count). The molecule has 20 heavy (non-hydrogen) atoms. The molecular formula is C12H11BrN2O3S2. The van der Waals surface area contributed by atoms with Gasteiger partial charge in [0.2, 0.25) is 5.91 Å². The minimum Gasteiger partial charge on any atom is -0.366 e. The maximum atomic E-state index is 12.2. The maximum absolute atomic E-state index is 12.2. The minimum atomic E-state index is -3.64. The second-order valence-electron chi connectivity index (χ2n) is 4.02. The number of carbonyl (C=O) groups excluding carboxylic acids is 1. The number of carbonyl (C=O) groups is 1. The first-order valence-electron chi connectivity index (χ1n) is 5.48. The van der Waals surface area contributed by atoms with Gasteiger partial charge in [-0.2, -0.15) is 0 Å². The Bertz CT molecular complexity index is 752. The Morgan fingerprint density at radius 2 is 1.90 bits per heavy atom. The molecule has 0 aliphatic rings. The van der Waals surface area contributed by atoms with Crippen molar-refractivity contribution in [1.29, 1.82) is 0 Å². The van der Waals surface area contributed by atoms with Gasteiger partial charge in [-0.3, -0.25) is 9.52 Å². The predicted octanol–water partition coefficient (Wildman–Crippen LogP) is 2.72. The third-order valence-electron chi connectivity index (χ3n) is 2.55. The Labute approximate surface area is 129 Å². The molecule has 3 N–H and O–H groups in total. The number of hydrogen-bond acceptors (Lipinski definition) is 4. The molecule has 1 aromatic heterocycles. The number of rotatable bonds is 4. The number of primary amides is 1. The molecule has 1 aromatic carbocycles. The van der Waals surface area contributed by atoms with Crippen LogP contribution in [0.5, 0.6) is 0 Å². The normalized spacial score (nSPS) is 11.3. The Hall–Kier alpha value is -1.38. The lowest BCUT2D eigenvalue weighted by atomic mass is 10.2. The summed E-state index contributed by atoms with van der Waals surface area (Å²) in [5.74, 6) is -0.558. The highest BCUT2D eigenvalue weighted by molar-refractivity contribution is 9.11. The molecule has 0 saturated heterocycles. The van der Waals surface area contributed by atoms with E-state index in [1.807, 2.05) is 0 Å². The van der Waals surface area contributed by atoms with E-state index in [1.165, 1.54) is 35.6 Å². The maximum Gasteiger partial charge on any atom is 0.263 e. The van der Waals surface area contributed by atoms with E-state index in [9.17, 15) is 13.2 Å². The lowest BCUT2D eigenvalue weighted by Crippen LogP contribution is -2.14. The third kappa shape index (κ3) is 3.20. The van der Waals surface area contributed by atoms with Gasteiger partial charge in [0.15, 0.2) is 0 Å². The zero-order valence-electron chi connectivity index (χ0n) is 10.4. The summed E-state index contributed by atoms with van der Waals surface area (Å²) in [6, 6.07) is 7.48. The van der Waals surface area contributed by atoms with Crippen molar-refractivity contribution in [3.63, 3.8) is 0 Å². The number of benzene rings is 1. The van der Waals surface area contributed by atoms with Crippen molar-refractivity contribution in [1.82, 2.24) is 0 Å². The van der Waals surface area contributed by atoms with Crippen LogP contribution in [0.4, 0.5) is 5.69 Å². The van der Waals surface area contributed by atoms with Gasteiger partial charge in [0.25, 0.3) is 10.0 Å². The van der Waals surface area contributed by atoms with Crippen LogP contribution in [0.1, 0.15) is 15.2 Å². The van der Waals surface area contributed by atoms with E-state index in [0.29, 0.717) is 16.1 Å². The van der Waals surface area contributed by atoms with Gasteiger partial charge in [-0.15, -0.1) is 11.3 Å². The fourth-order valence-corrected chi connectivity index (χ4v) is 5.08. The topological polar surface area (TPSA) is 89.3 Å². The summed E-state index contributed by atoms with van der Waals surface area (Å²) in [7, 11) is -3.64. The number of sulfonamides is 1. The molecule has 0 spiro atoms. The zero-order valence-corrected chi connectivity index (χ0v) is 13.6. The molecule has 2 aromatic rings. The average Bonchev–Trinajstić information content (AvgIpc) is 2.69. The fraction of sp³-hybridized carbons (Fsp3) is 0.0833. The lowest BCUT2D eigenvalue weighted by molar-refractivity contribution is 0.100. The van der Waals surface area contributed by atoms with Crippen LogP contribution in [0, 0.1) is 6.92 Å². The number of halogens is 1. The van der Waals surface area contributed by atoms with E-state index in [0.717, 1.165) is 3.79 Å². The second kappa shape index (κ2) is 5.55. The molecule has 8 heteroatoms. The van der Waals surface area contributed by atoms with Gasteiger partial charge in [0.1, 0.15) is 4.90 Å². The van der Waals surface area contributed by atoms with Gasteiger partial charge in [0, 0.05) is 16.1 Å². The molecule has 106 valence electrons. The molecule has 1 heterocycles. The number of nitrogens with two attached hydrogens (primary N) is 1. The molecular weight excluding hydrogens is 364 g/mol. The van der Waals surface area contributed by atoms with Crippen LogP contribution in [0.15, 0.2) is 39.0 Å². The van der Waals surface area contributed by atoms with Crippen molar-refractivity contribution in [2.75, 3.05) is 4.72 Å². The monoisotopic (exact) mass is 374 g/mol. The first kappa shape index (κ1) is 15.0. The predicted molar refractivity (Wildman–Crippen MR) is 82.5 cm³/mol. The summed E-state index contributed by atoms with van der Waals surface area (Å²) in [5.41, 5.74) is 5.82. The third-order valence-corrected chi connectivity index (χ3v) is 5.74. The van der Waals surface area contributed by atoms with Gasteiger partial charge in [-0.25, -0.2) is 8.42 Å². The molecule has 0 atom stereocenters. The SMILES string of the molecule is Cc1sc(Br)cc1S(=O)(=O)Nc1ccc(C(N)=O)cc1. The van der Waals surface area contributed by atoms with Crippen molar-refractivity contribution in [3.8, 4) is 0 Å². The highest BCUT2D eigenvalue weighted by atomic mass is 79.9. The van der Waals surface area contributed by atoms with Crippen LogP contribution >= 0.6 is 27.3 Å². The standard InChI is InChI=1S/C12H11BrN2O3S2/c1-7-10(6-11(13)19-7)20(17,18)15-9-4-2-8(3-5-9)12(14)16/h2-6,15H,1H3,(H2,14,16). The van der Waals surface area contributed by atoms with Crippen molar-refractivity contribution in [2.24, 2.45) is 5.73 Å². The second-order valence-corrected chi connectivity index (χ2v) is 8.30. The summed E-state index contributed by atoms with van der Waals surface area (Å²) < 4.78 is 27.7. The largest absolute Gasteiger partial charge is 0.366 e. The average molecular weight is 375 g/mol. The molecule has 0 bridgehead atoms.